The maximum Gasteiger partial charge on any atom is 0.237 e. The summed E-state index contributed by atoms with van der Waals surface area (Å²) in [5, 5.41) is 5.04. The molecule has 0 saturated carbocycles. The average Bonchev–Trinajstić information content (AvgIpc) is 2.55. The summed E-state index contributed by atoms with van der Waals surface area (Å²) in [6.45, 7) is 1.72. The van der Waals surface area contributed by atoms with Gasteiger partial charge in [-0.05, 0) is 43.3 Å². The summed E-state index contributed by atoms with van der Waals surface area (Å²) >= 11 is 1.24. The highest BCUT2D eigenvalue weighted by molar-refractivity contribution is 8.01. The first-order valence-electron chi connectivity index (χ1n) is 7.07. The lowest BCUT2D eigenvalue weighted by Gasteiger charge is -2.12. The summed E-state index contributed by atoms with van der Waals surface area (Å²) in [5.41, 5.74) is 1.25. The molecular formula is C17H17FN2O2S. The van der Waals surface area contributed by atoms with E-state index in [9.17, 15) is 14.0 Å². The van der Waals surface area contributed by atoms with E-state index in [2.05, 4.69) is 10.6 Å². The van der Waals surface area contributed by atoms with Crippen LogP contribution in [0.15, 0.2) is 54.6 Å². The fourth-order valence-corrected chi connectivity index (χ4v) is 2.46. The van der Waals surface area contributed by atoms with Gasteiger partial charge < -0.3 is 10.6 Å². The average molecular weight is 332 g/mol. The maximum atomic E-state index is 12.8. The number of para-hydroxylation sites is 1. The molecule has 0 radical (unpaired) electrons. The minimum absolute atomic E-state index is 0.164. The van der Waals surface area contributed by atoms with Gasteiger partial charge in [-0.3, -0.25) is 9.59 Å². The third-order valence-corrected chi connectivity index (χ3v) is 4.15. The molecule has 2 aromatic rings. The van der Waals surface area contributed by atoms with Crippen LogP contribution in [0, 0.1) is 5.82 Å². The van der Waals surface area contributed by atoms with Gasteiger partial charge in [0.25, 0.3) is 0 Å². The predicted molar refractivity (Wildman–Crippen MR) is 92.0 cm³/mol. The highest BCUT2D eigenvalue weighted by Gasteiger charge is 2.15. The van der Waals surface area contributed by atoms with Crippen molar-refractivity contribution in [1.82, 2.24) is 0 Å². The topological polar surface area (TPSA) is 58.2 Å². The maximum absolute atomic E-state index is 12.8. The number of amides is 2. The van der Waals surface area contributed by atoms with Crippen LogP contribution in [-0.4, -0.2) is 22.8 Å². The number of benzene rings is 2. The number of anilines is 2. The molecule has 0 unspecified atom stereocenters. The largest absolute Gasteiger partial charge is 0.325 e. The lowest BCUT2D eigenvalue weighted by atomic mass is 10.3. The Labute approximate surface area is 138 Å². The molecule has 0 aliphatic carbocycles. The Morgan fingerprint density at radius 1 is 1.00 bits per heavy atom. The van der Waals surface area contributed by atoms with Crippen molar-refractivity contribution in [2.24, 2.45) is 0 Å². The summed E-state index contributed by atoms with van der Waals surface area (Å²) in [7, 11) is 0. The zero-order valence-corrected chi connectivity index (χ0v) is 13.4. The molecule has 6 heteroatoms. The molecule has 0 spiro atoms. The second-order valence-corrected chi connectivity index (χ2v) is 6.19. The number of halogens is 1. The lowest BCUT2D eigenvalue weighted by Crippen LogP contribution is -2.25. The Balaban J connectivity index is 1.77. The molecule has 0 bridgehead atoms. The minimum atomic E-state index is -0.401. The third-order valence-electron chi connectivity index (χ3n) is 3.00. The van der Waals surface area contributed by atoms with E-state index in [-0.39, 0.29) is 23.4 Å². The Kier molecular flexibility index (Phi) is 6.17. The molecule has 0 heterocycles. The van der Waals surface area contributed by atoms with Crippen molar-refractivity contribution >= 4 is 35.0 Å². The van der Waals surface area contributed by atoms with E-state index in [4.69, 9.17) is 0 Å². The fourth-order valence-electron chi connectivity index (χ4n) is 1.77. The number of hydrogen-bond donors (Lipinski definition) is 2. The molecule has 2 aromatic carbocycles. The number of hydrogen-bond acceptors (Lipinski definition) is 3. The lowest BCUT2D eigenvalue weighted by molar-refractivity contribution is -0.115. The van der Waals surface area contributed by atoms with E-state index in [1.54, 1.807) is 19.1 Å². The van der Waals surface area contributed by atoms with Crippen LogP contribution in [0.5, 0.6) is 0 Å². The van der Waals surface area contributed by atoms with E-state index >= 15 is 0 Å². The molecule has 0 aliphatic heterocycles. The first-order valence-corrected chi connectivity index (χ1v) is 8.12. The van der Waals surface area contributed by atoms with Crippen LogP contribution in [0.25, 0.3) is 0 Å². The first-order chi connectivity index (χ1) is 11.0. The van der Waals surface area contributed by atoms with Crippen LogP contribution in [0.2, 0.25) is 0 Å². The molecule has 0 saturated heterocycles. The number of carbonyl (C=O) groups excluding carboxylic acids is 2. The van der Waals surface area contributed by atoms with Gasteiger partial charge in [-0.2, -0.15) is 0 Å². The number of rotatable bonds is 6. The van der Waals surface area contributed by atoms with Crippen molar-refractivity contribution in [3.63, 3.8) is 0 Å². The van der Waals surface area contributed by atoms with Gasteiger partial charge in [-0.25, -0.2) is 4.39 Å². The van der Waals surface area contributed by atoms with Gasteiger partial charge in [-0.15, -0.1) is 11.8 Å². The molecule has 120 valence electrons. The van der Waals surface area contributed by atoms with Gasteiger partial charge in [0.2, 0.25) is 11.8 Å². The first kappa shape index (κ1) is 17.0. The van der Waals surface area contributed by atoms with Crippen molar-refractivity contribution in [1.29, 1.82) is 0 Å². The second-order valence-electron chi connectivity index (χ2n) is 4.86. The van der Waals surface area contributed by atoms with Crippen molar-refractivity contribution in [2.75, 3.05) is 16.4 Å². The van der Waals surface area contributed by atoms with Crippen LogP contribution in [0.3, 0.4) is 0 Å². The summed E-state index contributed by atoms with van der Waals surface area (Å²) in [6.07, 6.45) is 0. The Hall–Kier alpha value is -2.34. The molecule has 0 aromatic heterocycles. The molecule has 23 heavy (non-hydrogen) atoms. The Morgan fingerprint density at radius 2 is 1.61 bits per heavy atom. The smallest absolute Gasteiger partial charge is 0.237 e. The molecule has 2 rings (SSSR count). The normalized spacial score (nSPS) is 11.6. The number of carbonyl (C=O) groups is 2. The molecular weight excluding hydrogens is 315 g/mol. The summed E-state index contributed by atoms with van der Waals surface area (Å²) in [6, 6.07) is 14.7. The van der Waals surface area contributed by atoms with Gasteiger partial charge in [0.1, 0.15) is 5.82 Å². The van der Waals surface area contributed by atoms with Gasteiger partial charge in [0.05, 0.1) is 11.0 Å². The van der Waals surface area contributed by atoms with Crippen molar-refractivity contribution < 1.29 is 14.0 Å². The van der Waals surface area contributed by atoms with E-state index in [1.807, 2.05) is 18.2 Å². The number of thioether (sulfide) groups is 1. The highest BCUT2D eigenvalue weighted by Crippen LogP contribution is 2.15. The molecule has 2 amide bonds. The summed E-state index contributed by atoms with van der Waals surface area (Å²) in [5.74, 6) is -0.577. The number of nitrogens with one attached hydrogen (secondary N) is 2. The van der Waals surface area contributed by atoms with Crippen molar-refractivity contribution in [3.8, 4) is 0 Å². The molecule has 4 nitrogen and oxygen atoms in total. The fraction of sp³-hybridized carbons (Fsp3) is 0.176. The Bertz CT molecular complexity index is 662. The van der Waals surface area contributed by atoms with E-state index < -0.39 is 5.25 Å². The van der Waals surface area contributed by atoms with Crippen molar-refractivity contribution in [2.45, 2.75) is 12.2 Å². The summed E-state index contributed by atoms with van der Waals surface area (Å²) < 4.78 is 12.8. The van der Waals surface area contributed by atoms with Crippen LogP contribution < -0.4 is 10.6 Å². The van der Waals surface area contributed by atoms with Gasteiger partial charge in [-0.1, -0.05) is 18.2 Å². The zero-order chi connectivity index (χ0) is 16.7. The van der Waals surface area contributed by atoms with E-state index in [0.29, 0.717) is 5.69 Å². The highest BCUT2D eigenvalue weighted by atomic mass is 32.2. The van der Waals surface area contributed by atoms with E-state index in [0.717, 1.165) is 5.69 Å². The predicted octanol–water partition coefficient (Wildman–Crippen LogP) is 3.52. The second kappa shape index (κ2) is 8.33. The molecule has 0 aliphatic rings. The van der Waals surface area contributed by atoms with Crippen LogP contribution in [0.4, 0.5) is 15.8 Å². The SMILES string of the molecule is C[C@H](SCC(=O)Nc1ccccc1)C(=O)Nc1ccc(F)cc1. The van der Waals surface area contributed by atoms with Crippen LogP contribution >= 0.6 is 11.8 Å². The van der Waals surface area contributed by atoms with Crippen LogP contribution in [-0.2, 0) is 9.59 Å². The van der Waals surface area contributed by atoms with Gasteiger partial charge >= 0.3 is 0 Å². The zero-order valence-electron chi connectivity index (χ0n) is 12.6. The molecule has 2 N–H and O–H groups in total. The quantitative estimate of drug-likeness (QED) is 0.851. The van der Waals surface area contributed by atoms with E-state index in [1.165, 1.54) is 36.0 Å². The third kappa shape index (κ3) is 5.75. The summed E-state index contributed by atoms with van der Waals surface area (Å²) in [4.78, 5) is 23.8. The Morgan fingerprint density at radius 3 is 2.26 bits per heavy atom. The molecule has 1 atom stereocenters. The monoisotopic (exact) mass is 332 g/mol. The standard InChI is InChI=1S/C17H17FN2O2S/c1-12(17(22)20-15-9-7-13(18)8-10-15)23-11-16(21)19-14-5-3-2-4-6-14/h2-10,12H,11H2,1H3,(H,19,21)(H,20,22)/t12-/m0/s1. The van der Waals surface area contributed by atoms with Gasteiger partial charge in [0.15, 0.2) is 0 Å². The van der Waals surface area contributed by atoms with Gasteiger partial charge in [0, 0.05) is 11.4 Å². The minimum Gasteiger partial charge on any atom is -0.325 e. The molecule has 0 fully saturated rings. The van der Waals surface area contributed by atoms with Crippen molar-refractivity contribution in [3.05, 3.63) is 60.4 Å². The van der Waals surface area contributed by atoms with Crippen LogP contribution in [0.1, 0.15) is 6.92 Å².